The summed E-state index contributed by atoms with van der Waals surface area (Å²) in [6.07, 6.45) is 2.47. The number of benzene rings is 1. The molecule has 11 heteroatoms. The van der Waals surface area contributed by atoms with E-state index in [-0.39, 0.29) is 42.0 Å². The summed E-state index contributed by atoms with van der Waals surface area (Å²) in [5, 5.41) is 23.6. The molecule has 4 aliphatic rings. The van der Waals surface area contributed by atoms with E-state index in [0.717, 1.165) is 30.4 Å². The Morgan fingerprint density at radius 1 is 1.35 bits per heavy atom. The third kappa shape index (κ3) is 3.28. The Morgan fingerprint density at radius 2 is 2.21 bits per heavy atom. The maximum atomic E-state index is 13.3. The van der Waals surface area contributed by atoms with Crippen molar-refractivity contribution in [1.82, 2.24) is 35.3 Å². The Morgan fingerprint density at radius 3 is 2.94 bits per heavy atom. The summed E-state index contributed by atoms with van der Waals surface area (Å²) in [4.78, 5) is 32.1. The predicted octanol–water partition coefficient (Wildman–Crippen LogP) is 0.0531. The number of rotatable bonds is 6. The van der Waals surface area contributed by atoms with Gasteiger partial charge in [0, 0.05) is 30.7 Å². The Hall–Kier alpha value is -3.36. The van der Waals surface area contributed by atoms with Gasteiger partial charge in [0.2, 0.25) is 17.6 Å². The first-order valence-electron chi connectivity index (χ1n) is 11.8. The predicted molar refractivity (Wildman–Crippen MR) is 119 cm³/mol. The lowest BCUT2D eigenvalue weighted by Crippen LogP contribution is -2.57. The Labute approximate surface area is 196 Å². The molecule has 7 atom stereocenters. The minimum absolute atomic E-state index is 0.0756. The van der Waals surface area contributed by atoms with Crippen molar-refractivity contribution in [2.45, 2.75) is 62.4 Å². The van der Waals surface area contributed by atoms with Gasteiger partial charge in [-0.1, -0.05) is 18.2 Å². The molecular weight excluding hydrogens is 434 g/mol. The minimum atomic E-state index is -0.722. The lowest BCUT2D eigenvalue weighted by Gasteiger charge is -2.38. The van der Waals surface area contributed by atoms with Crippen LogP contribution >= 0.6 is 0 Å². The van der Waals surface area contributed by atoms with Crippen LogP contribution in [0.3, 0.4) is 0 Å². The zero-order chi connectivity index (χ0) is 23.6. The number of aromatic nitrogens is 4. The number of aromatic amines is 1. The molecule has 2 amide bonds. The van der Waals surface area contributed by atoms with Crippen LogP contribution in [-0.4, -0.2) is 90.4 Å². The highest BCUT2D eigenvalue weighted by atomic mass is 16.2. The number of hydrogen-bond donors (Lipinski definition) is 2. The number of fused-ring (bicyclic) bond motifs is 3. The molecule has 2 bridgehead atoms. The van der Waals surface area contributed by atoms with Crippen molar-refractivity contribution in [3.63, 3.8) is 0 Å². The molecule has 4 heterocycles. The number of carbonyl (C=O) groups excluding carboxylic acids is 2. The van der Waals surface area contributed by atoms with E-state index < -0.39 is 6.04 Å². The van der Waals surface area contributed by atoms with Crippen LogP contribution in [-0.2, 0) is 9.59 Å². The second-order valence-corrected chi connectivity index (χ2v) is 9.94. The molecule has 0 radical (unpaired) electrons. The standard InChI is InChI=1S/C23H27N9O2/c1-12(13-3-2-4-14(5-13)21-26-28-29-27-21)31-17-8-20(23(31)34)30(10-17)11-18(25)22(33)32-16(9-24)6-15-7-19(15)32/h2-5,12,15-20H,6-8,10-11,25H2,1H3,(H,26,27,28,29)/t12-,15-,16+,17+,18+,19+,20+/m1/s1. The molecule has 11 nitrogen and oxygen atoms in total. The average molecular weight is 462 g/mol. The van der Waals surface area contributed by atoms with Crippen LogP contribution in [0.5, 0.6) is 0 Å². The number of amides is 2. The maximum absolute atomic E-state index is 13.3. The summed E-state index contributed by atoms with van der Waals surface area (Å²) >= 11 is 0. The normalized spacial score (nSPS) is 31.4. The zero-order valence-corrected chi connectivity index (χ0v) is 18.9. The number of carbonyl (C=O) groups is 2. The number of piperazine rings is 1. The summed E-state index contributed by atoms with van der Waals surface area (Å²) in [5.41, 5.74) is 8.17. The smallest absolute Gasteiger partial charge is 0.242 e. The lowest BCUT2D eigenvalue weighted by molar-refractivity contribution is -0.141. The molecule has 0 spiro atoms. The van der Waals surface area contributed by atoms with Crippen molar-refractivity contribution < 1.29 is 9.59 Å². The molecule has 1 aromatic carbocycles. The maximum Gasteiger partial charge on any atom is 0.242 e. The van der Waals surface area contributed by atoms with E-state index in [9.17, 15) is 14.9 Å². The lowest BCUT2D eigenvalue weighted by atomic mass is 10.0. The Balaban J connectivity index is 1.12. The van der Waals surface area contributed by atoms with E-state index in [2.05, 4.69) is 31.6 Å². The van der Waals surface area contributed by atoms with Crippen LogP contribution in [0.15, 0.2) is 24.3 Å². The number of nitriles is 1. The number of nitrogens with one attached hydrogen (secondary N) is 1. The van der Waals surface area contributed by atoms with Crippen LogP contribution in [0.25, 0.3) is 11.4 Å². The van der Waals surface area contributed by atoms with Crippen molar-refractivity contribution in [3.8, 4) is 17.5 Å². The third-order valence-electron chi connectivity index (χ3n) is 7.96. The van der Waals surface area contributed by atoms with Gasteiger partial charge in [-0.25, -0.2) is 0 Å². The number of tetrazole rings is 1. The molecule has 2 aromatic rings. The number of likely N-dealkylation sites (tertiary alicyclic amines) is 3. The zero-order valence-electron chi connectivity index (χ0n) is 18.9. The summed E-state index contributed by atoms with van der Waals surface area (Å²) in [6.45, 7) is 3.07. The fourth-order valence-corrected chi connectivity index (χ4v) is 6.19. The van der Waals surface area contributed by atoms with Crippen LogP contribution < -0.4 is 5.73 Å². The molecule has 1 saturated carbocycles. The van der Waals surface area contributed by atoms with Gasteiger partial charge in [0.25, 0.3) is 0 Å². The van der Waals surface area contributed by atoms with Crippen molar-refractivity contribution in [2.24, 2.45) is 11.7 Å². The van der Waals surface area contributed by atoms with Gasteiger partial charge in [-0.15, -0.1) is 10.2 Å². The van der Waals surface area contributed by atoms with Crippen LogP contribution in [0, 0.1) is 17.2 Å². The molecule has 6 rings (SSSR count). The number of nitrogens with two attached hydrogens (primary N) is 1. The molecule has 3 saturated heterocycles. The van der Waals surface area contributed by atoms with Gasteiger partial charge in [-0.3, -0.25) is 14.5 Å². The second kappa shape index (κ2) is 7.85. The summed E-state index contributed by atoms with van der Waals surface area (Å²) in [7, 11) is 0. The van der Waals surface area contributed by atoms with Gasteiger partial charge < -0.3 is 15.5 Å². The van der Waals surface area contributed by atoms with Crippen molar-refractivity contribution in [1.29, 1.82) is 5.26 Å². The number of nitrogens with zero attached hydrogens (tertiary/aromatic N) is 7. The van der Waals surface area contributed by atoms with Crippen LogP contribution in [0.2, 0.25) is 0 Å². The van der Waals surface area contributed by atoms with Crippen LogP contribution in [0.1, 0.15) is 37.8 Å². The monoisotopic (exact) mass is 461 g/mol. The molecule has 1 aliphatic carbocycles. The highest BCUT2D eigenvalue weighted by molar-refractivity contribution is 5.87. The first-order valence-corrected chi connectivity index (χ1v) is 11.8. The topological polar surface area (TPSA) is 148 Å². The molecule has 3 N–H and O–H groups in total. The summed E-state index contributed by atoms with van der Waals surface area (Å²) in [6, 6.07) is 8.92. The molecule has 4 fully saturated rings. The highest BCUT2D eigenvalue weighted by Gasteiger charge is 2.56. The Bertz CT molecular complexity index is 1160. The third-order valence-corrected chi connectivity index (χ3v) is 7.96. The SMILES string of the molecule is C[C@H](c1cccc(-c2nn[nH]n2)c1)N1C(=O)[C@@H]2C[C@H]1CN2C[C@H](N)C(=O)N1[C@H](C#N)C[C@@H]2C[C@@H]21. The summed E-state index contributed by atoms with van der Waals surface area (Å²) < 4.78 is 0. The molecule has 34 heavy (non-hydrogen) atoms. The highest BCUT2D eigenvalue weighted by Crippen LogP contribution is 2.48. The molecule has 3 aliphatic heterocycles. The van der Waals surface area contributed by atoms with E-state index in [1.165, 1.54) is 0 Å². The quantitative estimate of drug-likeness (QED) is 0.613. The van der Waals surface area contributed by atoms with Crippen molar-refractivity contribution in [2.75, 3.05) is 13.1 Å². The van der Waals surface area contributed by atoms with Crippen LogP contribution in [0.4, 0.5) is 0 Å². The van der Waals surface area contributed by atoms with Crippen molar-refractivity contribution >= 4 is 11.8 Å². The molecule has 0 unspecified atom stereocenters. The van der Waals surface area contributed by atoms with Crippen molar-refractivity contribution in [3.05, 3.63) is 29.8 Å². The average Bonchev–Trinajstić information content (AvgIpc) is 3.28. The number of hydrogen-bond acceptors (Lipinski definition) is 8. The van der Waals surface area contributed by atoms with Gasteiger partial charge in [-0.05, 0) is 48.9 Å². The van der Waals surface area contributed by atoms with Gasteiger partial charge in [0.15, 0.2) is 0 Å². The fraction of sp³-hybridized carbons (Fsp3) is 0.565. The molecule has 1 aromatic heterocycles. The Kier molecular flexibility index (Phi) is 4.89. The van der Waals surface area contributed by atoms with E-state index in [4.69, 9.17) is 5.73 Å². The van der Waals surface area contributed by atoms with Gasteiger partial charge >= 0.3 is 0 Å². The van der Waals surface area contributed by atoms with Gasteiger partial charge in [-0.2, -0.15) is 10.5 Å². The first-order chi connectivity index (χ1) is 16.5. The molecule has 176 valence electrons. The number of H-pyrrole nitrogens is 1. The number of piperidine rings is 1. The van der Waals surface area contributed by atoms with Gasteiger partial charge in [0.05, 0.1) is 24.2 Å². The van der Waals surface area contributed by atoms with E-state index in [1.54, 1.807) is 4.90 Å². The molecular formula is C23H27N9O2. The van der Waals surface area contributed by atoms with E-state index >= 15 is 0 Å². The van der Waals surface area contributed by atoms with E-state index in [1.807, 2.05) is 36.1 Å². The second-order valence-electron chi connectivity index (χ2n) is 9.94. The summed E-state index contributed by atoms with van der Waals surface area (Å²) in [5.74, 6) is 0.892. The minimum Gasteiger partial charge on any atom is -0.330 e. The fourth-order valence-electron chi connectivity index (χ4n) is 6.19. The van der Waals surface area contributed by atoms with E-state index in [0.29, 0.717) is 24.8 Å². The largest absolute Gasteiger partial charge is 0.330 e. The van der Waals surface area contributed by atoms with Gasteiger partial charge in [0.1, 0.15) is 6.04 Å². The first kappa shape index (κ1) is 21.2.